The molecule has 23 heavy (non-hydrogen) atoms. The van der Waals surface area contributed by atoms with Crippen molar-refractivity contribution in [2.75, 3.05) is 26.7 Å². The number of hydrogen-bond donors (Lipinski definition) is 0. The van der Waals surface area contributed by atoms with Gasteiger partial charge < -0.3 is 13.8 Å². The van der Waals surface area contributed by atoms with Gasteiger partial charge in [0.15, 0.2) is 11.6 Å². The van der Waals surface area contributed by atoms with Crippen molar-refractivity contribution in [3.05, 3.63) is 35.4 Å². The van der Waals surface area contributed by atoms with E-state index in [1.807, 2.05) is 6.07 Å². The van der Waals surface area contributed by atoms with Crippen LogP contribution in [0.15, 0.2) is 21.1 Å². The van der Waals surface area contributed by atoms with Gasteiger partial charge in [-0.15, -0.1) is 0 Å². The number of likely N-dealkylation sites (tertiary alicyclic amines) is 1. The Bertz CT molecular complexity index is 658. The van der Waals surface area contributed by atoms with E-state index in [9.17, 15) is 4.79 Å². The van der Waals surface area contributed by atoms with Crippen LogP contribution in [0, 0.1) is 6.92 Å². The van der Waals surface area contributed by atoms with Crippen LogP contribution in [-0.4, -0.2) is 52.5 Å². The lowest BCUT2D eigenvalue weighted by Gasteiger charge is -2.15. The fourth-order valence-corrected chi connectivity index (χ4v) is 2.74. The highest BCUT2D eigenvalue weighted by atomic mass is 16.5. The van der Waals surface area contributed by atoms with E-state index in [4.69, 9.17) is 8.94 Å². The third-order valence-corrected chi connectivity index (χ3v) is 4.04. The number of carbonyl (C=O) groups excluding carboxylic acids is 1. The van der Waals surface area contributed by atoms with Crippen LogP contribution in [0.5, 0.6) is 0 Å². The van der Waals surface area contributed by atoms with Crippen molar-refractivity contribution in [2.45, 2.75) is 32.7 Å². The van der Waals surface area contributed by atoms with Crippen molar-refractivity contribution in [1.29, 1.82) is 0 Å². The molecule has 1 amide bonds. The Hall–Kier alpha value is -2.15. The lowest BCUT2D eigenvalue weighted by Crippen LogP contribution is -2.28. The van der Waals surface area contributed by atoms with Gasteiger partial charge in [-0.2, -0.15) is 4.98 Å². The molecule has 0 bridgehead atoms. The number of carbonyl (C=O) groups is 1. The molecule has 3 heterocycles. The SMILES string of the molecule is Cc1nc(CCN(C)C(=O)c2ccc(CN3CCCC3)o2)no1. The molecule has 1 aliphatic heterocycles. The van der Waals surface area contributed by atoms with E-state index < -0.39 is 0 Å². The predicted octanol–water partition coefficient (Wildman–Crippen LogP) is 1.88. The van der Waals surface area contributed by atoms with E-state index in [-0.39, 0.29) is 5.91 Å². The number of rotatable bonds is 6. The number of nitrogens with zero attached hydrogens (tertiary/aromatic N) is 4. The number of hydrogen-bond acceptors (Lipinski definition) is 6. The Morgan fingerprint density at radius 3 is 2.83 bits per heavy atom. The molecular formula is C16H22N4O3. The summed E-state index contributed by atoms with van der Waals surface area (Å²) < 4.78 is 10.6. The topological polar surface area (TPSA) is 75.6 Å². The fourth-order valence-electron chi connectivity index (χ4n) is 2.74. The predicted molar refractivity (Wildman–Crippen MR) is 82.9 cm³/mol. The highest BCUT2D eigenvalue weighted by Crippen LogP contribution is 2.16. The molecule has 1 aliphatic rings. The smallest absolute Gasteiger partial charge is 0.289 e. The number of likely N-dealkylation sites (N-methyl/N-ethyl adjacent to an activating group) is 1. The molecule has 0 aromatic carbocycles. The molecule has 124 valence electrons. The minimum Gasteiger partial charge on any atom is -0.455 e. The van der Waals surface area contributed by atoms with E-state index in [1.54, 1.807) is 24.9 Å². The number of furan rings is 1. The Labute approximate surface area is 135 Å². The lowest BCUT2D eigenvalue weighted by atomic mass is 10.3. The van der Waals surface area contributed by atoms with E-state index in [1.165, 1.54) is 12.8 Å². The highest BCUT2D eigenvalue weighted by Gasteiger charge is 2.19. The Morgan fingerprint density at radius 1 is 1.35 bits per heavy atom. The van der Waals surface area contributed by atoms with Crippen LogP contribution < -0.4 is 0 Å². The molecule has 7 nitrogen and oxygen atoms in total. The van der Waals surface area contributed by atoms with Crippen LogP contribution in [0.25, 0.3) is 0 Å². The van der Waals surface area contributed by atoms with E-state index >= 15 is 0 Å². The summed E-state index contributed by atoms with van der Waals surface area (Å²) in [5.74, 6) is 2.24. The van der Waals surface area contributed by atoms with Gasteiger partial charge in [-0.1, -0.05) is 5.16 Å². The van der Waals surface area contributed by atoms with E-state index in [0.29, 0.717) is 30.4 Å². The average Bonchev–Trinajstić information content (AvgIpc) is 3.27. The van der Waals surface area contributed by atoms with Gasteiger partial charge in [0, 0.05) is 26.9 Å². The maximum absolute atomic E-state index is 12.4. The van der Waals surface area contributed by atoms with Gasteiger partial charge in [-0.25, -0.2) is 0 Å². The Morgan fingerprint density at radius 2 is 2.13 bits per heavy atom. The van der Waals surface area contributed by atoms with Crippen molar-refractivity contribution in [3.63, 3.8) is 0 Å². The average molecular weight is 318 g/mol. The largest absolute Gasteiger partial charge is 0.455 e. The maximum Gasteiger partial charge on any atom is 0.289 e. The summed E-state index contributed by atoms with van der Waals surface area (Å²) in [6.45, 7) is 5.25. The number of amides is 1. The Balaban J connectivity index is 1.53. The van der Waals surface area contributed by atoms with Gasteiger partial charge in [0.05, 0.1) is 6.54 Å². The fraction of sp³-hybridized carbons (Fsp3) is 0.562. The molecule has 3 rings (SSSR count). The lowest BCUT2D eigenvalue weighted by molar-refractivity contribution is 0.0761. The summed E-state index contributed by atoms with van der Waals surface area (Å²) >= 11 is 0. The van der Waals surface area contributed by atoms with Crippen LogP contribution in [0.4, 0.5) is 0 Å². The number of aromatic nitrogens is 2. The zero-order valence-corrected chi connectivity index (χ0v) is 13.6. The third kappa shape index (κ3) is 3.98. The summed E-state index contributed by atoms with van der Waals surface area (Å²) in [7, 11) is 1.75. The molecule has 0 atom stereocenters. The molecule has 0 N–H and O–H groups in total. The summed E-state index contributed by atoms with van der Waals surface area (Å²) in [5, 5.41) is 3.83. The van der Waals surface area contributed by atoms with Crippen molar-refractivity contribution >= 4 is 5.91 Å². The van der Waals surface area contributed by atoms with Crippen LogP contribution in [0.2, 0.25) is 0 Å². The second-order valence-electron chi connectivity index (χ2n) is 5.96. The van der Waals surface area contributed by atoms with E-state index in [0.717, 1.165) is 25.4 Å². The minimum atomic E-state index is -0.127. The van der Waals surface area contributed by atoms with Crippen LogP contribution in [0.1, 0.15) is 40.9 Å². The van der Waals surface area contributed by atoms with Crippen molar-refractivity contribution in [1.82, 2.24) is 19.9 Å². The molecule has 1 saturated heterocycles. The molecular weight excluding hydrogens is 296 g/mol. The second kappa shape index (κ2) is 6.95. The molecule has 7 heteroatoms. The van der Waals surface area contributed by atoms with E-state index in [2.05, 4.69) is 15.0 Å². The van der Waals surface area contributed by atoms with Crippen LogP contribution in [0.3, 0.4) is 0 Å². The Kier molecular flexibility index (Phi) is 4.76. The number of aryl methyl sites for hydroxylation is 1. The van der Waals surface area contributed by atoms with Gasteiger partial charge >= 0.3 is 0 Å². The standard InChI is InChI=1S/C16H22N4O3/c1-12-17-15(18-23-12)7-10-19(2)16(21)14-6-5-13(22-14)11-20-8-3-4-9-20/h5-6H,3-4,7-11H2,1-2H3. The zero-order valence-electron chi connectivity index (χ0n) is 13.6. The van der Waals surface area contributed by atoms with Crippen molar-refractivity contribution < 1.29 is 13.7 Å². The van der Waals surface area contributed by atoms with Crippen molar-refractivity contribution in [2.24, 2.45) is 0 Å². The van der Waals surface area contributed by atoms with Crippen LogP contribution in [-0.2, 0) is 13.0 Å². The molecule has 2 aromatic heterocycles. The first-order valence-electron chi connectivity index (χ1n) is 7.97. The monoisotopic (exact) mass is 318 g/mol. The molecule has 0 aliphatic carbocycles. The summed E-state index contributed by atoms with van der Waals surface area (Å²) in [6, 6.07) is 3.64. The van der Waals surface area contributed by atoms with Gasteiger partial charge in [0.2, 0.25) is 5.89 Å². The third-order valence-electron chi connectivity index (χ3n) is 4.04. The van der Waals surface area contributed by atoms with Gasteiger partial charge in [-0.3, -0.25) is 9.69 Å². The summed E-state index contributed by atoms with van der Waals surface area (Å²) in [5.41, 5.74) is 0. The molecule has 0 radical (unpaired) electrons. The minimum absolute atomic E-state index is 0.127. The first kappa shape index (κ1) is 15.7. The summed E-state index contributed by atoms with van der Waals surface area (Å²) in [6.07, 6.45) is 3.04. The first-order chi connectivity index (χ1) is 11.1. The molecule has 0 unspecified atom stereocenters. The van der Waals surface area contributed by atoms with Gasteiger partial charge in [0.25, 0.3) is 5.91 Å². The van der Waals surface area contributed by atoms with Crippen molar-refractivity contribution in [3.8, 4) is 0 Å². The normalized spacial score (nSPS) is 15.2. The highest BCUT2D eigenvalue weighted by molar-refractivity contribution is 5.91. The zero-order chi connectivity index (χ0) is 16.2. The first-order valence-corrected chi connectivity index (χ1v) is 7.97. The van der Waals surface area contributed by atoms with Crippen LogP contribution >= 0.6 is 0 Å². The molecule has 1 fully saturated rings. The second-order valence-corrected chi connectivity index (χ2v) is 5.96. The van der Waals surface area contributed by atoms with Gasteiger partial charge in [-0.05, 0) is 38.1 Å². The van der Waals surface area contributed by atoms with Gasteiger partial charge in [0.1, 0.15) is 5.76 Å². The quantitative estimate of drug-likeness (QED) is 0.809. The molecule has 2 aromatic rings. The molecule has 0 spiro atoms. The maximum atomic E-state index is 12.4. The molecule has 0 saturated carbocycles. The summed E-state index contributed by atoms with van der Waals surface area (Å²) in [4.78, 5) is 20.5.